The van der Waals surface area contributed by atoms with Gasteiger partial charge in [-0.2, -0.15) is 0 Å². The lowest BCUT2D eigenvalue weighted by Gasteiger charge is -2.06. The zero-order chi connectivity index (χ0) is 14.1. The summed E-state index contributed by atoms with van der Waals surface area (Å²) in [5, 5.41) is 13.1. The number of aromatic nitrogens is 1. The molecule has 2 aromatic rings. The molecule has 3 rings (SSSR count). The van der Waals surface area contributed by atoms with Crippen LogP contribution in [0, 0.1) is 13.8 Å². The second-order valence-electron chi connectivity index (χ2n) is 4.69. The molecular weight excluding hydrogens is 260 g/mol. The maximum atomic E-state index is 9.91. The molecule has 2 heterocycles. The number of phenols is 1. The molecule has 0 atom stereocenters. The standard InChI is InChI=1S/C14H16N2O4/c1-8-9(2)20-14(16-8)6-15-5-10-3-12-13(4-11(10)17)19-7-18-12/h3-4,15,17H,5-7H2,1-2H3. The highest BCUT2D eigenvalue weighted by Gasteiger charge is 2.16. The molecule has 0 saturated heterocycles. The average molecular weight is 276 g/mol. The molecule has 0 bridgehead atoms. The van der Waals surface area contributed by atoms with E-state index in [0.29, 0.717) is 30.5 Å². The minimum atomic E-state index is 0.182. The summed E-state index contributed by atoms with van der Waals surface area (Å²) >= 11 is 0. The van der Waals surface area contributed by atoms with Crippen molar-refractivity contribution in [2.45, 2.75) is 26.9 Å². The van der Waals surface area contributed by atoms with Crippen LogP contribution in [0.1, 0.15) is 22.9 Å². The van der Waals surface area contributed by atoms with Crippen molar-refractivity contribution in [1.82, 2.24) is 10.3 Å². The number of rotatable bonds is 4. The van der Waals surface area contributed by atoms with Gasteiger partial charge in [-0.25, -0.2) is 4.98 Å². The Morgan fingerprint density at radius 2 is 1.95 bits per heavy atom. The van der Waals surface area contributed by atoms with Crippen molar-refractivity contribution in [2.24, 2.45) is 0 Å². The number of nitrogens with one attached hydrogen (secondary N) is 1. The zero-order valence-electron chi connectivity index (χ0n) is 11.4. The van der Waals surface area contributed by atoms with Gasteiger partial charge in [0.15, 0.2) is 11.5 Å². The fourth-order valence-electron chi connectivity index (χ4n) is 2.03. The van der Waals surface area contributed by atoms with Crippen molar-refractivity contribution in [2.75, 3.05) is 6.79 Å². The Morgan fingerprint density at radius 3 is 2.65 bits per heavy atom. The third-order valence-electron chi connectivity index (χ3n) is 3.24. The van der Waals surface area contributed by atoms with Gasteiger partial charge in [-0.3, -0.25) is 0 Å². The van der Waals surface area contributed by atoms with E-state index >= 15 is 0 Å². The predicted octanol–water partition coefficient (Wildman–Crippen LogP) is 2.02. The molecule has 1 aromatic carbocycles. The summed E-state index contributed by atoms with van der Waals surface area (Å²) in [6.07, 6.45) is 0. The largest absolute Gasteiger partial charge is 0.507 e. The van der Waals surface area contributed by atoms with Crippen molar-refractivity contribution < 1.29 is 19.0 Å². The van der Waals surface area contributed by atoms with Crippen molar-refractivity contribution in [3.8, 4) is 17.2 Å². The minimum Gasteiger partial charge on any atom is -0.507 e. The number of ether oxygens (including phenoxy) is 2. The summed E-state index contributed by atoms with van der Waals surface area (Å²) in [6.45, 7) is 4.98. The molecule has 6 nitrogen and oxygen atoms in total. The summed E-state index contributed by atoms with van der Waals surface area (Å²) < 4.78 is 16.0. The second kappa shape index (κ2) is 5.05. The third-order valence-corrected chi connectivity index (χ3v) is 3.24. The number of aromatic hydroxyl groups is 1. The number of nitrogens with zero attached hydrogens (tertiary/aromatic N) is 1. The quantitative estimate of drug-likeness (QED) is 0.889. The van der Waals surface area contributed by atoms with E-state index in [1.165, 1.54) is 0 Å². The van der Waals surface area contributed by atoms with Crippen LogP contribution < -0.4 is 14.8 Å². The van der Waals surface area contributed by atoms with Crippen LogP contribution in [0.4, 0.5) is 0 Å². The number of phenolic OH excluding ortho intramolecular Hbond substituents is 1. The molecule has 0 aliphatic carbocycles. The minimum absolute atomic E-state index is 0.182. The Morgan fingerprint density at radius 1 is 1.20 bits per heavy atom. The molecule has 0 saturated carbocycles. The Bertz CT molecular complexity index is 617. The van der Waals surface area contributed by atoms with E-state index in [4.69, 9.17) is 13.9 Å². The molecular formula is C14H16N2O4. The lowest BCUT2D eigenvalue weighted by atomic mass is 10.1. The van der Waals surface area contributed by atoms with Crippen molar-refractivity contribution in [3.05, 3.63) is 35.0 Å². The van der Waals surface area contributed by atoms with Gasteiger partial charge in [0.25, 0.3) is 0 Å². The molecule has 0 spiro atoms. The van der Waals surface area contributed by atoms with Crippen LogP contribution in [0.2, 0.25) is 0 Å². The first-order valence-corrected chi connectivity index (χ1v) is 6.38. The van der Waals surface area contributed by atoms with E-state index < -0.39 is 0 Å². The van der Waals surface area contributed by atoms with Crippen molar-refractivity contribution >= 4 is 0 Å². The number of oxazole rings is 1. The van der Waals surface area contributed by atoms with E-state index in [0.717, 1.165) is 17.0 Å². The van der Waals surface area contributed by atoms with E-state index in [9.17, 15) is 5.11 Å². The van der Waals surface area contributed by atoms with Crippen molar-refractivity contribution in [3.63, 3.8) is 0 Å². The maximum Gasteiger partial charge on any atom is 0.231 e. The highest BCUT2D eigenvalue weighted by atomic mass is 16.7. The zero-order valence-corrected chi connectivity index (χ0v) is 11.4. The molecule has 0 amide bonds. The van der Waals surface area contributed by atoms with Gasteiger partial charge in [-0.05, 0) is 19.9 Å². The Kier molecular flexibility index (Phi) is 3.23. The van der Waals surface area contributed by atoms with Gasteiger partial charge in [0.2, 0.25) is 12.7 Å². The highest BCUT2D eigenvalue weighted by Crippen LogP contribution is 2.37. The first kappa shape index (κ1) is 12.8. The molecule has 1 aromatic heterocycles. The SMILES string of the molecule is Cc1nc(CNCc2cc3c(cc2O)OCO3)oc1C. The maximum absolute atomic E-state index is 9.91. The molecule has 106 valence electrons. The van der Waals surface area contributed by atoms with Crippen LogP contribution in [0.3, 0.4) is 0 Å². The Hall–Kier alpha value is -2.21. The van der Waals surface area contributed by atoms with Crippen LogP contribution in [-0.4, -0.2) is 16.9 Å². The summed E-state index contributed by atoms with van der Waals surface area (Å²) in [4.78, 5) is 4.29. The highest BCUT2D eigenvalue weighted by molar-refractivity contribution is 5.51. The first-order valence-electron chi connectivity index (χ1n) is 6.38. The van der Waals surface area contributed by atoms with E-state index in [1.54, 1.807) is 12.1 Å². The van der Waals surface area contributed by atoms with Crippen LogP contribution in [0.5, 0.6) is 17.2 Å². The summed E-state index contributed by atoms with van der Waals surface area (Å²) in [5.41, 5.74) is 1.64. The normalized spacial score (nSPS) is 12.9. The van der Waals surface area contributed by atoms with Gasteiger partial charge >= 0.3 is 0 Å². The predicted molar refractivity (Wildman–Crippen MR) is 70.8 cm³/mol. The Balaban J connectivity index is 1.64. The number of hydrogen-bond donors (Lipinski definition) is 2. The van der Waals surface area contributed by atoms with Crippen LogP contribution >= 0.6 is 0 Å². The van der Waals surface area contributed by atoms with Gasteiger partial charge in [0.1, 0.15) is 11.5 Å². The lowest BCUT2D eigenvalue weighted by molar-refractivity contribution is 0.174. The fraction of sp³-hybridized carbons (Fsp3) is 0.357. The molecule has 0 fully saturated rings. The van der Waals surface area contributed by atoms with Crippen LogP contribution in [-0.2, 0) is 13.1 Å². The second-order valence-corrected chi connectivity index (χ2v) is 4.69. The van der Waals surface area contributed by atoms with E-state index in [-0.39, 0.29) is 12.5 Å². The van der Waals surface area contributed by atoms with Gasteiger partial charge < -0.3 is 24.3 Å². The van der Waals surface area contributed by atoms with Gasteiger partial charge in [0.05, 0.1) is 12.2 Å². The molecule has 1 aliphatic heterocycles. The molecule has 6 heteroatoms. The van der Waals surface area contributed by atoms with E-state index in [2.05, 4.69) is 10.3 Å². The summed E-state index contributed by atoms with van der Waals surface area (Å²) in [7, 11) is 0. The molecule has 20 heavy (non-hydrogen) atoms. The molecule has 0 unspecified atom stereocenters. The number of aryl methyl sites for hydroxylation is 2. The van der Waals surface area contributed by atoms with Gasteiger partial charge in [0, 0.05) is 18.2 Å². The summed E-state index contributed by atoms with van der Waals surface area (Å²) in [5.74, 6) is 2.88. The molecule has 1 aliphatic rings. The number of fused-ring (bicyclic) bond motifs is 1. The topological polar surface area (TPSA) is 76.8 Å². The first-order chi connectivity index (χ1) is 9.63. The van der Waals surface area contributed by atoms with Crippen molar-refractivity contribution in [1.29, 1.82) is 0 Å². The number of hydrogen-bond acceptors (Lipinski definition) is 6. The van der Waals surface area contributed by atoms with Gasteiger partial charge in [-0.1, -0.05) is 0 Å². The van der Waals surface area contributed by atoms with Crippen LogP contribution in [0.15, 0.2) is 16.5 Å². The van der Waals surface area contributed by atoms with E-state index in [1.807, 2.05) is 13.8 Å². The fourth-order valence-corrected chi connectivity index (χ4v) is 2.03. The number of benzene rings is 1. The van der Waals surface area contributed by atoms with Gasteiger partial charge in [-0.15, -0.1) is 0 Å². The third kappa shape index (κ3) is 2.42. The average Bonchev–Trinajstić information content (AvgIpc) is 2.97. The smallest absolute Gasteiger partial charge is 0.231 e. The Labute approximate surface area is 116 Å². The van der Waals surface area contributed by atoms with Crippen LogP contribution in [0.25, 0.3) is 0 Å². The monoisotopic (exact) mass is 276 g/mol. The lowest BCUT2D eigenvalue weighted by Crippen LogP contribution is -2.13. The molecule has 0 radical (unpaired) electrons. The summed E-state index contributed by atoms with van der Waals surface area (Å²) in [6, 6.07) is 3.34. The molecule has 2 N–H and O–H groups in total.